The first kappa shape index (κ1) is 16.1. The second-order valence-corrected chi connectivity index (χ2v) is 5.18. The molecule has 2 aromatic rings. The third kappa shape index (κ3) is 4.62. The number of hydrogen-bond acceptors (Lipinski definition) is 2. The normalized spacial score (nSPS) is 14.8. The molecule has 1 saturated carbocycles. The van der Waals surface area contributed by atoms with Gasteiger partial charge in [0.25, 0.3) is 0 Å². The highest BCUT2D eigenvalue weighted by molar-refractivity contribution is 14.0. The molecule has 4 nitrogen and oxygen atoms in total. The molecule has 1 aromatic carbocycles. The fourth-order valence-electron chi connectivity index (χ4n) is 2.18. The van der Waals surface area contributed by atoms with Gasteiger partial charge in [0.05, 0.1) is 0 Å². The van der Waals surface area contributed by atoms with Gasteiger partial charge in [-0.25, -0.2) is 0 Å². The summed E-state index contributed by atoms with van der Waals surface area (Å²) in [5.74, 6) is 1.92. The lowest BCUT2D eigenvalue weighted by Gasteiger charge is -2.09. The molecule has 1 fully saturated rings. The largest absolute Gasteiger partial charge is 0.461 e. The molecule has 1 aliphatic rings. The lowest BCUT2D eigenvalue weighted by molar-refractivity contribution is 0.550. The van der Waals surface area contributed by atoms with Gasteiger partial charge in [-0.05, 0) is 31.9 Å². The van der Waals surface area contributed by atoms with Gasteiger partial charge in [0.1, 0.15) is 11.3 Å². The van der Waals surface area contributed by atoms with Gasteiger partial charge in [-0.3, -0.25) is 4.99 Å². The summed E-state index contributed by atoms with van der Waals surface area (Å²) in [7, 11) is 0. The number of nitrogens with zero attached hydrogens (tertiary/aromatic N) is 1. The number of guanidine groups is 1. The summed E-state index contributed by atoms with van der Waals surface area (Å²) in [4.78, 5) is 4.59. The van der Waals surface area contributed by atoms with Gasteiger partial charge in [-0.1, -0.05) is 18.2 Å². The van der Waals surface area contributed by atoms with E-state index in [4.69, 9.17) is 4.42 Å². The highest BCUT2D eigenvalue weighted by atomic mass is 127. The average Bonchev–Trinajstić information content (AvgIpc) is 3.16. The summed E-state index contributed by atoms with van der Waals surface area (Å²) in [5, 5.41) is 7.85. The van der Waals surface area contributed by atoms with Crippen molar-refractivity contribution in [1.82, 2.24) is 10.6 Å². The smallest absolute Gasteiger partial charge is 0.191 e. The molecule has 0 bridgehead atoms. The Hall–Kier alpha value is -1.24. The number of nitrogens with one attached hydrogen (secondary N) is 2. The second-order valence-electron chi connectivity index (χ2n) is 5.18. The number of aliphatic imine (C=N–C) groups is 1. The van der Waals surface area contributed by atoms with E-state index in [1.54, 1.807) is 0 Å². The minimum absolute atomic E-state index is 0. The molecule has 21 heavy (non-hydrogen) atoms. The van der Waals surface area contributed by atoms with Crippen molar-refractivity contribution in [2.24, 2.45) is 4.99 Å². The van der Waals surface area contributed by atoms with Crippen LogP contribution in [0, 0.1) is 0 Å². The zero-order valence-corrected chi connectivity index (χ0v) is 14.6. The molecule has 0 radical (unpaired) electrons. The van der Waals surface area contributed by atoms with Crippen LogP contribution in [-0.4, -0.2) is 25.1 Å². The fourth-order valence-corrected chi connectivity index (χ4v) is 2.18. The summed E-state index contributed by atoms with van der Waals surface area (Å²) in [5.41, 5.74) is 0.953. The number of furan rings is 1. The van der Waals surface area contributed by atoms with E-state index in [2.05, 4.69) is 34.7 Å². The highest BCUT2D eigenvalue weighted by Gasteiger charge is 2.21. The average molecular weight is 399 g/mol. The van der Waals surface area contributed by atoms with Crippen LogP contribution in [-0.2, 0) is 6.42 Å². The first-order valence-electron chi connectivity index (χ1n) is 7.37. The quantitative estimate of drug-likeness (QED) is 0.461. The lowest BCUT2D eigenvalue weighted by Crippen LogP contribution is -2.38. The number of halogens is 1. The summed E-state index contributed by atoms with van der Waals surface area (Å²) >= 11 is 0. The van der Waals surface area contributed by atoms with Gasteiger partial charge in [0, 0.05) is 30.9 Å². The van der Waals surface area contributed by atoms with Crippen LogP contribution < -0.4 is 10.6 Å². The molecule has 2 N–H and O–H groups in total. The number of rotatable bonds is 5. The number of hydrogen-bond donors (Lipinski definition) is 2. The Kier molecular flexibility index (Phi) is 5.90. The van der Waals surface area contributed by atoms with Crippen molar-refractivity contribution in [3.63, 3.8) is 0 Å². The molecule has 0 unspecified atom stereocenters. The zero-order chi connectivity index (χ0) is 13.8. The molecule has 1 aliphatic carbocycles. The maximum absolute atomic E-state index is 5.79. The van der Waals surface area contributed by atoms with Crippen LogP contribution in [0.25, 0.3) is 11.0 Å². The summed E-state index contributed by atoms with van der Waals surface area (Å²) in [6, 6.07) is 10.8. The molecule has 0 atom stereocenters. The molecule has 5 heteroatoms. The monoisotopic (exact) mass is 399 g/mol. The Labute approximate surface area is 142 Å². The van der Waals surface area contributed by atoms with E-state index in [1.807, 2.05) is 18.2 Å². The van der Waals surface area contributed by atoms with E-state index in [1.165, 1.54) is 12.8 Å². The van der Waals surface area contributed by atoms with Gasteiger partial charge in [-0.15, -0.1) is 24.0 Å². The van der Waals surface area contributed by atoms with Crippen molar-refractivity contribution < 1.29 is 4.42 Å². The van der Waals surface area contributed by atoms with Crippen molar-refractivity contribution in [2.75, 3.05) is 13.1 Å². The van der Waals surface area contributed by atoms with Crippen molar-refractivity contribution in [1.29, 1.82) is 0 Å². The third-order valence-electron chi connectivity index (χ3n) is 3.37. The molecule has 0 amide bonds. The molecule has 0 spiro atoms. The summed E-state index contributed by atoms with van der Waals surface area (Å²) < 4.78 is 5.79. The van der Waals surface area contributed by atoms with E-state index in [9.17, 15) is 0 Å². The van der Waals surface area contributed by atoms with Gasteiger partial charge < -0.3 is 15.1 Å². The number of benzene rings is 1. The van der Waals surface area contributed by atoms with E-state index < -0.39 is 0 Å². The zero-order valence-electron chi connectivity index (χ0n) is 12.3. The molecular weight excluding hydrogens is 377 g/mol. The van der Waals surface area contributed by atoms with Crippen molar-refractivity contribution in [2.45, 2.75) is 32.2 Å². The van der Waals surface area contributed by atoms with Crippen LogP contribution in [0.3, 0.4) is 0 Å². The van der Waals surface area contributed by atoms with E-state index >= 15 is 0 Å². The van der Waals surface area contributed by atoms with Gasteiger partial charge >= 0.3 is 0 Å². The molecule has 114 valence electrons. The Morgan fingerprint density at radius 2 is 2.14 bits per heavy atom. The van der Waals surface area contributed by atoms with Gasteiger partial charge in [-0.2, -0.15) is 0 Å². The predicted octanol–water partition coefficient (Wildman–Crippen LogP) is 3.31. The van der Waals surface area contributed by atoms with Crippen molar-refractivity contribution >= 4 is 40.9 Å². The molecule has 1 heterocycles. The van der Waals surface area contributed by atoms with Crippen LogP contribution in [0.1, 0.15) is 25.5 Å². The Morgan fingerprint density at radius 3 is 2.86 bits per heavy atom. The minimum Gasteiger partial charge on any atom is -0.461 e. The van der Waals surface area contributed by atoms with Gasteiger partial charge in [0.15, 0.2) is 5.96 Å². The predicted molar refractivity (Wildman–Crippen MR) is 97.5 cm³/mol. The molecule has 1 aromatic heterocycles. The van der Waals surface area contributed by atoms with Gasteiger partial charge in [0.2, 0.25) is 0 Å². The second kappa shape index (κ2) is 7.68. The molecule has 3 rings (SSSR count). The Bertz CT molecular complexity index is 571. The topological polar surface area (TPSA) is 49.6 Å². The third-order valence-corrected chi connectivity index (χ3v) is 3.37. The lowest BCUT2D eigenvalue weighted by atomic mass is 10.2. The SMILES string of the molecule is CCNC(=NCCc1cc2ccccc2o1)NC1CC1.I. The first-order valence-corrected chi connectivity index (χ1v) is 7.37. The summed E-state index contributed by atoms with van der Waals surface area (Å²) in [6.07, 6.45) is 3.35. The standard InChI is InChI=1S/C16H21N3O.HI/c1-2-17-16(19-13-7-8-13)18-10-9-14-11-12-5-3-4-6-15(12)20-14;/h3-6,11,13H,2,7-10H2,1H3,(H2,17,18,19);1H. The van der Waals surface area contributed by atoms with Crippen LogP contribution in [0.4, 0.5) is 0 Å². The molecular formula is C16H22IN3O. The minimum atomic E-state index is 0. The van der Waals surface area contributed by atoms with Crippen LogP contribution in [0.15, 0.2) is 39.7 Å². The van der Waals surface area contributed by atoms with E-state index in [0.29, 0.717) is 6.04 Å². The Balaban J connectivity index is 0.00000161. The van der Waals surface area contributed by atoms with Crippen molar-refractivity contribution in [3.8, 4) is 0 Å². The number of para-hydroxylation sites is 1. The molecule has 0 saturated heterocycles. The van der Waals surface area contributed by atoms with Crippen LogP contribution in [0.2, 0.25) is 0 Å². The maximum atomic E-state index is 5.79. The van der Waals surface area contributed by atoms with E-state index in [-0.39, 0.29) is 24.0 Å². The molecule has 0 aliphatic heterocycles. The first-order chi connectivity index (χ1) is 9.85. The summed E-state index contributed by atoms with van der Waals surface area (Å²) in [6.45, 7) is 3.72. The van der Waals surface area contributed by atoms with Crippen LogP contribution >= 0.6 is 24.0 Å². The van der Waals surface area contributed by atoms with Crippen molar-refractivity contribution in [3.05, 3.63) is 36.1 Å². The van der Waals surface area contributed by atoms with Crippen LogP contribution in [0.5, 0.6) is 0 Å². The Morgan fingerprint density at radius 1 is 1.33 bits per heavy atom. The number of fused-ring (bicyclic) bond motifs is 1. The fraction of sp³-hybridized carbons (Fsp3) is 0.438. The maximum Gasteiger partial charge on any atom is 0.191 e. The van der Waals surface area contributed by atoms with E-state index in [0.717, 1.165) is 42.2 Å². The highest BCUT2D eigenvalue weighted by Crippen LogP contribution is 2.19.